The second-order valence-electron chi connectivity index (χ2n) is 9.78. The number of imidazole rings is 2. The number of carbonyl (C=O) groups excluding carboxylic acids is 1. The van der Waals surface area contributed by atoms with Crippen molar-refractivity contribution in [2.45, 2.75) is 59.7 Å². The molecule has 0 fully saturated rings. The topological polar surface area (TPSA) is 126 Å². The number of allylic oxidation sites excluding steroid dienone is 5. The smallest absolute Gasteiger partial charge is 0.407 e. The number of amides is 1. The summed E-state index contributed by atoms with van der Waals surface area (Å²) in [6.45, 7) is 13.3. The molecule has 3 aromatic heterocycles. The van der Waals surface area contributed by atoms with Crippen LogP contribution in [0.25, 0.3) is 27.8 Å². The van der Waals surface area contributed by atoms with Crippen LogP contribution < -0.4 is 11.1 Å². The maximum atomic E-state index is 12.2. The van der Waals surface area contributed by atoms with Crippen molar-refractivity contribution in [2.75, 3.05) is 12.3 Å². The molecule has 39 heavy (non-hydrogen) atoms. The van der Waals surface area contributed by atoms with Gasteiger partial charge in [0.1, 0.15) is 5.52 Å². The molecule has 10 heteroatoms. The molecule has 1 amide bonds. The van der Waals surface area contributed by atoms with Crippen LogP contribution in [0.2, 0.25) is 0 Å². The molecule has 4 aromatic rings. The monoisotopic (exact) mass is 528 g/mol. The van der Waals surface area contributed by atoms with Crippen LogP contribution in [-0.4, -0.2) is 41.8 Å². The minimum absolute atomic E-state index is 0.311. The number of fused-ring (bicyclic) bond motifs is 2. The van der Waals surface area contributed by atoms with E-state index in [0.717, 1.165) is 34.2 Å². The van der Waals surface area contributed by atoms with Gasteiger partial charge in [-0.3, -0.25) is 0 Å². The van der Waals surface area contributed by atoms with Gasteiger partial charge in [0.05, 0.1) is 30.3 Å². The van der Waals surface area contributed by atoms with Crippen molar-refractivity contribution in [1.82, 2.24) is 34.4 Å². The van der Waals surface area contributed by atoms with Crippen molar-refractivity contribution in [3.8, 4) is 0 Å². The molecule has 0 saturated heterocycles. The first kappa shape index (κ1) is 27.6. The van der Waals surface area contributed by atoms with Gasteiger partial charge in [0, 0.05) is 19.1 Å². The van der Waals surface area contributed by atoms with Crippen molar-refractivity contribution in [1.29, 1.82) is 0 Å². The molecule has 0 radical (unpaired) electrons. The zero-order valence-corrected chi connectivity index (χ0v) is 23.0. The quantitative estimate of drug-likeness (QED) is 0.192. The van der Waals surface area contributed by atoms with Crippen LogP contribution in [0.4, 0.5) is 10.6 Å². The average Bonchev–Trinajstić information content (AvgIpc) is 3.51. The number of aryl methyl sites for hydroxylation is 1. The molecule has 0 unspecified atom stereocenters. The van der Waals surface area contributed by atoms with Gasteiger partial charge in [-0.15, -0.1) is 0 Å². The Balaban J connectivity index is 1.27. The summed E-state index contributed by atoms with van der Waals surface area (Å²) in [5.41, 5.74) is 12.4. The Hall–Kier alpha value is -4.47. The van der Waals surface area contributed by atoms with E-state index in [1.165, 1.54) is 0 Å². The van der Waals surface area contributed by atoms with Gasteiger partial charge in [-0.2, -0.15) is 0 Å². The summed E-state index contributed by atoms with van der Waals surface area (Å²) in [6.07, 6.45) is 10.3. The molecule has 3 heterocycles. The largest absolute Gasteiger partial charge is 0.450 e. The fourth-order valence-electron chi connectivity index (χ4n) is 4.31. The normalized spacial score (nSPS) is 12.4. The lowest BCUT2D eigenvalue weighted by atomic mass is 10.1. The standard InChI is InChI=1S/C29H36N8O2/c1-6-9-20(4)14-21(5)27-34-26(30)25-28(35-27)36(17-33-25)12-7-8-13-39-29(38)31-16-22-10-11-23-24(15-22)37(18-32-23)19(2)3/h6,9-11,14-15,17-19H,1,7-8,12-13,16H2,2-5H3,(H,31,38)(H2,30,34,35)/b20-9-,21-14+. The molecule has 0 aliphatic rings. The Kier molecular flexibility index (Phi) is 8.75. The summed E-state index contributed by atoms with van der Waals surface area (Å²) in [7, 11) is 0. The van der Waals surface area contributed by atoms with Crippen LogP contribution in [0.15, 0.2) is 61.2 Å². The SMILES string of the molecule is C=C/C=C(C)\C=C(/C)c1nc(N)c2ncn(CCCCOC(=O)NCc3ccc4ncn(C(C)C)c4c3)c2n1. The predicted molar refractivity (Wildman–Crippen MR) is 155 cm³/mol. The van der Waals surface area contributed by atoms with E-state index in [0.29, 0.717) is 55.0 Å². The molecule has 1 aromatic carbocycles. The molecule has 3 N–H and O–H groups in total. The summed E-state index contributed by atoms with van der Waals surface area (Å²) < 4.78 is 9.44. The van der Waals surface area contributed by atoms with Crippen molar-refractivity contribution < 1.29 is 9.53 Å². The molecular formula is C29H36N8O2. The van der Waals surface area contributed by atoms with Crippen molar-refractivity contribution in [2.24, 2.45) is 0 Å². The average molecular weight is 529 g/mol. The first-order valence-electron chi connectivity index (χ1n) is 13.1. The summed E-state index contributed by atoms with van der Waals surface area (Å²) in [5.74, 6) is 0.908. The van der Waals surface area contributed by atoms with Gasteiger partial charge in [0.25, 0.3) is 0 Å². The number of benzene rings is 1. The third kappa shape index (κ3) is 6.70. The lowest BCUT2D eigenvalue weighted by molar-refractivity contribution is 0.143. The number of unbranched alkanes of at least 4 members (excludes halogenated alkanes) is 1. The van der Waals surface area contributed by atoms with Gasteiger partial charge < -0.3 is 24.9 Å². The van der Waals surface area contributed by atoms with E-state index in [4.69, 9.17) is 15.5 Å². The number of nitrogens with one attached hydrogen (secondary N) is 1. The van der Waals surface area contributed by atoms with E-state index in [1.807, 2.05) is 49.0 Å². The van der Waals surface area contributed by atoms with E-state index in [1.54, 1.807) is 12.4 Å². The van der Waals surface area contributed by atoms with Gasteiger partial charge in [-0.05, 0) is 63.8 Å². The lowest BCUT2D eigenvalue weighted by Crippen LogP contribution is -2.24. The number of aromatic nitrogens is 6. The highest BCUT2D eigenvalue weighted by atomic mass is 16.5. The van der Waals surface area contributed by atoms with Crippen LogP contribution in [0.5, 0.6) is 0 Å². The molecular weight excluding hydrogens is 492 g/mol. The molecule has 0 saturated carbocycles. The molecule has 0 spiro atoms. The first-order valence-corrected chi connectivity index (χ1v) is 13.1. The molecule has 0 aliphatic carbocycles. The van der Waals surface area contributed by atoms with Gasteiger partial charge in [-0.1, -0.05) is 36.4 Å². The van der Waals surface area contributed by atoms with Gasteiger partial charge in [-0.25, -0.2) is 24.7 Å². The lowest BCUT2D eigenvalue weighted by Gasteiger charge is -2.10. The number of carbonyl (C=O) groups is 1. The van der Waals surface area contributed by atoms with Crippen LogP contribution in [-0.2, 0) is 17.8 Å². The molecule has 204 valence electrons. The molecule has 0 bridgehead atoms. The van der Waals surface area contributed by atoms with Gasteiger partial charge >= 0.3 is 6.09 Å². The second kappa shape index (κ2) is 12.4. The Bertz CT molecular complexity index is 1540. The minimum atomic E-state index is -0.436. The summed E-state index contributed by atoms with van der Waals surface area (Å²) in [6, 6.07) is 6.30. The Morgan fingerprint density at radius 1 is 1.18 bits per heavy atom. The third-order valence-corrected chi connectivity index (χ3v) is 6.33. The molecule has 0 atom stereocenters. The van der Waals surface area contributed by atoms with Crippen LogP contribution >= 0.6 is 0 Å². The Labute approximate surface area is 228 Å². The number of hydrogen-bond acceptors (Lipinski definition) is 7. The first-order chi connectivity index (χ1) is 18.8. The van der Waals surface area contributed by atoms with Gasteiger partial charge in [0.2, 0.25) is 0 Å². The second-order valence-corrected chi connectivity index (χ2v) is 9.78. The minimum Gasteiger partial charge on any atom is -0.450 e. The van der Waals surface area contributed by atoms with Crippen LogP contribution in [0, 0.1) is 0 Å². The maximum Gasteiger partial charge on any atom is 0.407 e. The number of nitrogen functional groups attached to an aromatic ring is 1. The fourth-order valence-corrected chi connectivity index (χ4v) is 4.31. The van der Waals surface area contributed by atoms with Gasteiger partial charge in [0.15, 0.2) is 17.3 Å². The van der Waals surface area contributed by atoms with Crippen molar-refractivity contribution in [3.63, 3.8) is 0 Å². The van der Waals surface area contributed by atoms with E-state index >= 15 is 0 Å². The highest BCUT2D eigenvalue weighted by molar-refractivity contribution is 5.83. The van der Waals surface area contributed by atoms with Crippen molar-refractivity contribution in [3.05, 3.63) is 72.6 Å². The number of anilines is 1. The van der Waals surface area contributed by atoms with E-state index in [9.17, 15) is 4.79 Å². The highest BCUT2D eigenvalue weighted by Crippen LogP contribution is 2.21. The Morgan fingerprint density at radius 2 is 2.00 bits per heavy atom. The van der Waals surface area contributed by atoms with Crippen LogP contribution in [0.1, 0.15) is 58.0 Å². The number of hydrogen-bond donors (Lipinski definition) is 2. The fraction of sp³-hybridized carbons (Fsp3) is 0.345. The van der Waals surface area contributed by atoms with Crippen LogP contribution in [0.3, 0.4) is 0 Å². The predicted octanol–water partition coefficient (Wildman–Crippen LogP) is 5.58. The number of rotatable bonds is 11. The number of ether oxygens (including phenoxy) is 1. The zero-order chi connectivity index (χ0) is 27.9. The van der Waals surface area contributed by atoms with E-state index in [-0.39, 0.29) is 0 Å². The molecule has 4 rings (SSSR count). The Morgan fingerprint density at radius 3 is 2.77 bits per heavy atom. The van der Waals surface area contributed by atoms with E-state index in [2.05, 4.69) is 51.3 Å². The zero-order valence-electron chi connectivity index (χ0n) is 23.0. The highest BCUT2D eigenvalue weighted by Gasteiger charge is 2.13. The summed E-state index contributed by atoms with van der Waals surface area (Å²) in [5, 5.41) is 2.83. The number of nitrogens with two attached hydrogens (primary N) is 1. The molecule has 0 aliphatic heterocycles. The van der Waals surface area contributed by atoms with E-state index < -0.39 is 6.09 Å². The number of alkyl carbamates (subject to hydrolysis) is 1. The number of nitrogens with zero attached hydrogens (tertiary/aromatic N) is 6. The van der Waals surface area contributed by atoms with Crippen molar-refractivity contribution >= 4 is 39.7 Å². The maximum absolute atomic E-state index is 12.2. The summed E-state index contributed by atoms with van der Waals surface area (Å²) >= 11 is 0. The third-order valence-electron chi connectivity index (χ3n) is 6.33. The molecule has 10 nitrogen and oxygen atoms in total. The summed E-state index contributed by atoms with van der Waals surface area (Å²) in [4.78, 5) is 30.2.